The van der Waals surface area contributed by atoms with Gasteiger partial charge in [-0.05, 0) is 0 Å². The van der Waals surface area contributed by atoms with E-state index in [1.54, 1.807) is 0 Å². The number of rotatable bonds is 4. The summed E-state index contributed by atoms with van der Waals surface area (Å²) in [4.78, 5) is 0. The molecule has 0 radical (unpaired) electrons. The van der Waals surface area contributed by atoms with Crippen molar-refractivity contribution in [2.24, 2.45) is 0 Å². The summed E-state index contributed by atoms with van der Waals surface area (Å²) in [6.07, 6.45) is 0. The molecule has 0 amide bonds. The molecule has 0 heterocycles. The van der Waals surface area contributed by atoms with Gasteiger partial charge >= 0.3 is 131 Å². The Bertz CT molecular complexity index is 679. The average Bonchev–Trinajstić information content (AvgIpc) is 2.62. The molecule has 1 N–H and O–H groups in total. The summed E-state index contributed by atoms with van der Waals surface area (Å²) in [5.74, 6) is 4.57. The molecule has 0 aliphatic heterocycles. The zero-order valence-electron chi connectivity index (χ0n) is 12.2. The van der Waals surface area contributed by atoms with Crippen molar-refractivity contribution in [3.8, 4) is 0 Å². The summed E-state index contributed by atoms with van der Waals surface area (Å²) < 4.78 is 0. The molecule has 0 aliphatic carbocycles. The molecule has 0 unspecified atom stereocenters. The molecule has 1 nitrogen and oxygen atoms in total. The molecule has 0 spiro atoms. The van der Waals surface area contributed by atoms with Gasteiger partial charge in [0.1, 0.15) is 0 Å². The first-order valence-electron chi connectivity index (χ1n) is 7.31. The van der Waals surface area contributed by atoms with E-state index in [4.69, 9.17) is 5.41 Å². The Morgan fingerprint density at radius 3 is 1.18 bits per heavy atom. The van der Waals surface area contributed by atoms with Crippen LogP contribution in [0.1, 0.15) is 0 Å². The molecule has 3 rings (SSSR count). The van der Waals surface area contributed by atoms with E-state index in [2.05, 4.69) is 78.7 Å². The van der Waals surface area contributed by atoms with Gasteiger partial charge < -0.3 is 0 Å². The van der Waals surface area contributed by atoms with E-state index in [0.717, 1.165) is 0 Å². The number of hydrogen-bond acceptors (Lipinski definition) is 1. The van der Waals surface area contributed by atoms with Gasteiger partial charge in [-0.3, -0.25) is 0 Å². The van der Waals surface area contributed by atoms with Crippen molar-refractivity contribution in [2.45, 2.75) is 0 Å². The molecule has 2 heteroatoms. The molecule has 0 atom stereocenters. The van der Waals surface area contributed by atoms with Crippen LogP contribution in [0.5, 0.6) is 0 Å². The maximum absolute atomic E-state index is 7.64. The third-order valence-electron chi connectivity index (χ3n) is 3.98. The minimum absolute atomic E-state index is 1.27. The fourth-order valence-electron chi connectivity index (χ4n) is 2.96. The van der Waals surface area contributed by atoms with E-state index >= 15 is 0 Å². The Balaban J connectivity index is 2.37. The fraction of sp³-hybridized carbons (Fsp3) is 0. The average molecular weight is 303 g/mol. The third kappa shape index (κ3) is 2.53. The molecule has 0 fully saturated rings. The van der Waals surface area contributed by atoms with Crippen LogP contribution in [0.25, 0.3) is 0 Å². The minimum atomic E-state index is -2.35. The summed E-state index contributed by atoms with van der Waals surface area (Å²) in [5, 5.41) is 11.4. The van der Waals surface area contributed by atoms with Crippen LogP contribution in [0.2, 0.25) is 0 Å². The van der Waals surface area contributed by atoms with Gasteiger partial charge in [-0.1, -0.05) is 0 Å². The number of benzene rings is 3. The van der Waals surface area contributed by atoms with Gasteiger partial charge in [-0.25, -0.2) is 0 Å². The normalized spacial score (nSPS) is 11.5. The van der Waals surface area contributed by atoms with Crippen LogP contribution < -0.4 is 15.9 Å². The van der Waals surface area contributed by atoms with Crippen LogP contribution in [0.3, 0.4) is 0 Å². The van der Waals surface area contributed by atoms with Gasteiger partial charge in [0, 0.05) is 0 Å². The van der Waals surface area contributed by atoms with Gasteiger partial charge in [-0.15, -0.1) is 0 Å². The van der Waals surface area contributed by atoms with Crippen LogP contribution in [0, 0.1) is 5.41 Å². The zero-order valence-corrected chi connectivity index (χ0v) is 13.2. The van der Waals surface area contributed by atoms with Crippen LogP contribution in [0.4, 0.5) is 0 Å². The third-order valence-corrected chi connectivity index (χ3v) is 8.29. The number of hydrogen-bond donors (Lipinski definition) is 1. The van der Waals surface area contributed by atoms with Gasteiger partial charge in [0.25, 0.3) is 0 Å². The Labute approximate surface area is 131 Å². The van der Waals surface area contributed by atoms with Crippen molar-refractivity contribution in [2.75, 3.05) is 0 Å². The standard InChI is InChI=1S/C20H18NP/c21-16-17-22(18-10-4-1-5-11-18,19-12-6-2-7-13-19)20-14-8-3-9-15-20/h1-15,17,21-22H. The van der Waals surface area contributed by atoms with E-state index in [0.29, 0.717) is 0 Å². The molecular formula is C20H18NP. The number of nitrogens with one attached hydrogen (secondary N) is 1. The summed E-state index contributed by atoms with van der Waals surface area (Å²) in [6, 6.07) is 31.5. The predicted molar refractivity (Wildman–Crippen MR) is 98.8 cm³/mol. The Hall–Kier alpha value is -2.46. The molecule has 0 aromatic heterocycles. The van der Waals surface area contributed by atoms with Gasteiger partial charge in [-0.2, -0.15) is 0 Å². The van der Waals surface area contributed by atoms with E-state index in [-0.39, 0.29) is 0 Å². The molecule has 0 saturated carbocycles. The second kappa shape index (κ2) is 6.54. The first kappa shape index (κ1) is 14.5. The summed E-state index contributed by atoms with van der Waals surface area (Å²) in [6.45, 7) is 0. The van der Waals surface area contributed by atoms with Crippen molar-refractivity contribution >= 4 is 29.0 Å². The van der Waals surface area contributed by atoms with Crippen LogP contribution >= 0.6 is 7.26 Å². The first-order valence-corrected chi connectivity index (χ1v) is 9.39. The van der Waals surface area contributed by atoms with Crippen LogP contribution in [-0.4, -0.2) is 5.87 Å². The topological polar surface area (TPSA) is 23.9 Å². The molecule has 3 aromatic rings. The van der Waals surface area contributed by atoms with E-state index in [9.17, 15) is 0 Å². The van der Waals surface area contributed by atoms with Crippen molar-refractivity contribution < 1.29 is 0 Å². The van der Waals surface area contributed by atoms with Crippen molar-refractivity contribution in [1.29, 1.82) is 5.41 Å². The Kier molecular flexibility index (Phi) is 4.30. The van der Waals surface area contributed by atoms with E-state index in [1.807, 2.05) is 24.0 Å². The van der Waals surface area contributed by atoms with E-state index < -0.39 is 7.26 Å². The monoisotopic (exact) mass is 303 g/mol. The molecule has 0 bridgehead atoms. The Morgan fingerprint density at radius 2 is 0.909 bits per heavy atom. The Morgan fingerprint density at radius 1 is 0.591 bits per heavy atom. The first-order chi connectivity index (χ1) is 10.9. The zero-order chi connectivity index (χ0) is 15.3. The van der Waals surface area contributed by atoms with Gasteiger partial charge in [0.2, 0.25) is 0 Å². The molecule has 22 heavy (non-hydrogen) atoms. The van der Waals surface area contributed by atoms with Gasteiger partial charge in [0.15, 0.2) is 0 Å². The summed E-state index contributed by atoms with van der Waals surface area (Å²) in [7, 11) is -2.35. The van der Waals surface area contributed by atoms with Crippen molar-refractivity contribution in [3.63, 3.8) is 0 Å². The van der Waals surface area contributed by atoms with Crippen molar-refractivity contribution in [1.82, 2.24) is 0 Å². The van der Waals surface area contributed by atoms with Crippen LogP contribution in [0.15, 0.2) is 96.8 Å². The maximum atomic E-state index is 7.64. The molecule has 108 valence electrons. The predicted octanol–water partition coefficient (Wildman–Crippen LogP) is 3.47. The molecule has 0 saturated heterocycles. The summed E-state index contributed by atoms with van der Waals surface area (Å²) in [5.41, 5.74) is 0. The molecule has 3 aromatic carbocycles. The van der Waals surface area contributed by atoms with E-state index in [1.165, 1.54) is 15.9 Å². The molecule has 0 aliphatic rings. The SMILES string of the molecule is N=C=C[PH](c1ccccc1)(c1ccccc1)c1ccccc1. The fourth-order valence-corrected chi connectivity index (χ4v) is 6.83. The van der Waals surface area contributed by atoms with Crippen molar-refractivity contribution in [3.05, 3.63) is 96.8 Å². The second-order valence-corrected chi connectivity index (χ2v) is 8.83. The van der Waals surface area contributed by atoms with Gasteiger partial charge in [0.05, 0.1) is 0 Å². The molecular weight excluding hydrogens is 285 g/mol. The summed E-state index contributed by atoms with van der Waals surface area (Å²) >= 11 is 0. The quantitative estimate of drug-likeness (QED) is 0.564. The second-order valence-electron chi connectivity index (χ2n) is 5.19. The van der Waals surface area contributed by atoms with Crippen LogP contribution in [-0.2, 0) is 0 Å².